The maximum Gasteiger partial charge on any atom is 0.223 e. The smallest absolute Gasteiger partial charge is 0.223 e. The van der Waals surface area contributed by atoms with Crippen molar-refractivity contribution >= 4 is 5.91 Å². The molecule has 2 unspecified atom stereocenters. The Morgan fingerprint density at radius 2 is 1.73 bits per heavy atom. The molecule has 22 heavy (non-hydrogen) atoms. The lowest BCUT2D eigenvalue weighted by molar-refractivity contribution is -0.133. The summed E-state index contributed by atoms with van der Waals surface area (Å²) in [5.74, 6) is 0.987. The normalized spacial score (nSPS) is 30.3. The lowest BCUT2D eigenvalue weighted by atomic mass is 9.89. The molecule has 1 saturated carbocycles. The van der Waals surface area contributed by atoms with Crippen LogP contribution in [-0.2, 0) is 11.3 Å². The largest absolute Gasteiger partial charge is 0.335 e. The Morgan fingerprint density at radius 1 is 1.05 bits per heavy atom. The van der Waals surface area contributed by atoms with Crippen LogP contribution in [0.1, 0.15) is 50.5 Å². The minimum atomic E-state index is 0.387. The second-order valence-corrected chi connectivity index (χ2v) is 7.42. The number of fused-ring (bicyclic) bond motifs is 2. The third-order valence-electron chi connectivity index (χ3n) is 5.54. The van der Waals surface area contributed by atoms with E-state index >= 15 is 0 Å². The van der Waals surface area contributed by atoms with Crippen molar-refractivity contribution in [2.45, 2.75) is 69.6 Å². The molecule has 2 heterocycles. The standard InChI is InChI=1S/C19H26N2O/c22-19(12-15-10-16-6-7-17(11-15)20-16)21(18-8-9-18)13-14-4-2-1-3-5-14/h1-5,15-18,20H,6-13H2. The van der Waals surface area contributed by atoms with Crippen LogP contribution in [0.4, 0.5) is 0 Å². The van der Waals surface area contributed by atoms with Gasteiger partial charge in [-0.15, -0.1) is 0 Å². The highest BCUT2D eigenvalue weighted by atomic mass is 16.2. The monoisotopic (exact) mass is 298 g/mol. The van der Waals surface area contributed by atoms with Crippen molar-refractivity contribution in [1.82, 2.24) is 10.2 Å². The number of rotatable bonds is 5. The average molecular weight is 298 g/mol. The number of benzene rings is 1. The summed E-state index contributed by atoms with van der Waals surface area (Å²) in [6.07, 6.45) is 8.17. The highest BCUT2D eigenvalue weighted by Crippen LogP contribution is 2.35. The van der Waals surface area contributed by atoms with Gasteiger partial charge >= 0.3 is 0 Å². The van der Waals surface area contributed by atoms with Crippen molar-refractivity contribution < 1.29 is 4.79 Å². The van der Waals surface area contributed by atoms with E-state index < -0.39 is 0 Å². The van der Waals surface area contributed by atoms with E-state index in [0.29, 0.717) is 30.0 Å². The van der Waals surface area contributed by atoms with Crippen LogP contribution in [0.5, 0.6) is 0 Å². The molecule has 3 heteroatoms. The Labute approximate surface area is 133 Å². The van der Waals surface area contributed by atoms with Crippen LogP contribution in [0.15, 0.2) is 30.3 Å². The van der Waals surface area contributed by atoms with Gasteiger partial charge in [0.2, 0.25) is 5.91 Å². The summed E-state index contributed by atoms with van der Waals surface area (Å²) in [5, 5.41) is 3.67. The Bertz CT molecular complexity index is 513. The summed E-state index contributed by atoms with van der Waals surface area (Å²) in [7, 11) is 0. The first-order valence-electron chi connectivity index (χ1n) is 8.87. The number of nitrogens with zero attached hydrogens (tertiary/aromatic N) is 1. The molecular formula is C19H26N2O. The summed E-state index contributed by atoms with van der Waals surface area (Å²) in [6, 6.07) is 12.3. The van der Waals surface area contributed by atoms with Crippen molar-refractivity contribution in [3.8, 4) is 0 Å². The Kier molecular flexibility index (Phi) is 3.91. The molecule has 0 spiro atoms. The molecule has 1 N–H and O–H groups in total. The highest BCUT2D eigenvalue weighted by Gasteiger charge is 2.37. The van der Waals surface area contributed by atoms with E-state index in [0.717, 1.165) is 13.0 Å². The molecule has 0 radical (unpaired) electrons. The van der Waals surface area contributed by atoms with Gasteiger partial charge in [-0.3, -0.25) is 4.79 Å². The molecule has 0 aromatic heterocycles. The summed E-state index contributed by atoms with van der Waals surface area (Å²) >= 11 is 0. The van der Waals surface area contributed by atoms with Crippen LogP contribution in [0.2, 0.25) is 0 Å². The van der Waals surface area contributed by atoms with E-state index in [1.807, 2.05) is 6.07 Å². The van der Waals surface area contributed by atoms with Gasteiger partial charge in [0.05, 0.1) is 0 Å². The second-order valence-electron chi connectivity index (χ2n) is 7.42. The number of hydrogen-bond acceptors (Lipinski definition) is 2. The maximum absolute atomic E-state index is 12.8. The fraction of sp³-hybridized carbons (Fsp3) is 0.632. The van der Waals surface area contributed by atoms with E-state index in [-0.39, 0.29) is 0 Å². The molecule has 1 amide bonds. The van der Waals surface area contributed by atoms with Crippen molar-refractivity contribution in [3.63, 3.8) is 0 Å². The van der Waals surface area contributed by atoms with Crippen LogP contribution in [0.25, 0.3) is 0 Å². The van der Waals surface area contributed by atoms with Gasteiger partial charge in [-0.1, -0.05) is 30.3 Å². The van der Waals surface area contributed by atoms with Gasteiger partial charge in [-0.25, -0.2) is 0 Å². The number of amides is 1. The number of carbonyl (C=O) groups is 1. The van der Waals surface area contributed by atoms with E-state index in [2.05, 4.69) is 34.5 Å². The molecule has 1 aromatic rings. The lowest BCUT2D eigenvalue weighted by Crippen LogP contribution is -2.40. The lowest BCUT2D eigenvalue weighted by Gasteiger charge is -2.31. The Hall–Kier alpha value is -1.35. The second kappa shape index (κ2) is 6.04. The molecule has 1 aromatic carbocycles. The predicted molar refractivity (Wildman–Crippen MR) is 87.3 cm³/mol. The van der Waals surface area contributed by atoms with Crippen LogP contribution in [0.3, 0.4) is 0 Å². The van der Waals surface area contributed by atoms with Gasteiger partial charge in [0.15, 0.2) is 0 Å². The fourth-order valence-corrected chi connectivity index (χ4v) is 4.29. The number of piperidine rings is 1. The zero-order chi connectivity index (χ0) is 14.9. The van der Waals surface area contributed by atoms with E-state index in [9.17, 15) is 4.79 Å². The van der Waals surface area contributed by atoms with Crippen molar-refractivity contribution in [2.75, 3.05) is 0 Å². The summed E-state index contributed by atoms with van der Waals surface area (Å²) in [6.45, 7) is 0.794. The molecule has 4 rings (SSSR count). The molecule has 3 aliphatic rings. The first-order chi connectivity index (χ1) is 10.8. The number of carbonyl (C=O) groups excluding carboxylic acids is 1. The predicted octanol–water partition coefficient (Wildman–Crippen LogP) is 3.10. The minimum absolute atomic E-state index is 0.387. The quantitative estimate of drug-likeness (QED) is 0.906. The van der Waals surface area contributed by atoms with Gasteiger partial charge in [0.25, 0.3) is 0 Å². The first kappa shape index (κ1) is 14.3. The molecule has 3 nitrogen and oxygen atoms in total. The third kappa shape index (κ3) is 3.19. The third-order valence-corrected chi connectivity index (χ3v) is 5.54. The highest BCUT2D eigenvalue weighted by molar-refractivity contribution is 5.77. The molecule has 3 fully saturated rings. The topological polar surface area (TPSA) is 32.3 Å². The first-order valence-corrected chi connectivity index (χ1v) is 8.87. The molecular weight excluding hydrogens is 272 g/mol. The van der Waals surface area contributed by atoms with Gasteiger partial charge < -0.3 is 10.2 Å². The summed E-state index contributed by atoms with van der Waals surface area (Å²) in [4.78, 5) is 15.0. The average Bonchev–Trinajstić information content (AvgIpc) is 3.31. The Balaban J connectivity index is 1.38. The van der Waals surface area contributed by atoms with E-state index in [1.165, 1.54) is 44.1 Å². The Morgan fingerprint density at radius 3 is 2.36 bits per heavy atom. The minimum Gasteiger partial charge on any atom is -0.335 e. The summed E-state index contributed by atoms with van der Waals surface area (Å²) in [5.41, 5.74) is 1.26. The van der Waals surface area contributed by atoms with Crippen molar-refractivity contribution in [3.05, 3.63) is 35.9 Å². The van der Waals surface area contributed by atoms with Crippen LogP contribution in [0, 0.1) is 5.92 Å². The fourth-order valence-electron chi connectivity index (χ4n) is 4.29. The summed E-state index contributed by atoms with van der Waals surface area (Å²) < 4.78 is 0. The van der Waals surface area contributed by atoms with Crippen LogP contribution in [-0.4, -0.2) is 28.9 Å². The molecule has 2 saturated heterocycles. The molecule has 1 aliphatic carbocycles. The van der Waals surface area contributed by atoms with Crippen molar-refractivity contribution in [1.29, 1.82) is 0 Å². The molecule has 2 aliphatic heterocycles. The zero-order valence-corrected chi connectivity index (χ0v) is 13.2. The molecule has 118 valence electrons. The van der Waals surface area contributed by atoms with Gasteiger partial charge in [-0.2, -0.15) is 0 Å². The van der Waals surface area contributed by atoms with Crippen LogP contribution >= 0.6 is 0 Å². The van der Waals surface area contributed by atoms with Gasteiger partial charge in [-0.05, 0) is 50.0 Å². The van der Waals surface area contributed by atoms with E-state index in [1.54, 1.807) is 0 Å². The maximum atomic E-state index is 12.8. The van der Waals surface area contributed by atoms with Crippen LogP contribution < -0.4 is 5.32 Å². The zero-order valence-electron chi connectivity index (χ0n) is 13.2. The van der Waals surface area contributed by atoms with Crippen molar-refractivity contribution in [2.24, 2.45) is 5.92 Å². The van der Waals surface area contributed by atoms with E-state index in [4.69, 9.17) is 0 Å². The number of nitrogens with one attached hydrogen (secondary N) is 1. The van der Waals surface area contributed by atoms with Gasteiger partial charge in [0.1, 0.15) is 0 Å². The van der Waals surface area contributed by atoms with Gasteiger partial charge in [0, 0.05) is 31.1 Å². The molecule has 2 bridgehead atoms. The molecule has 2 atom stereocenters. The number of hydrogen-bond donors (Lipinski definition) is 1. The SMILES string of the molecule is O=C(CC1CC2CCC(C1)N2)N(Cc1ccccc1)C1CC1.